The number of carboxylic acid groups (broad SMARTS) is 1. The van der Waals surface area contributed by atoms with Crippen LogP contribution in [0.3, 0.4) is 0 Å². The van der Waals surface area contributed by atoms with Gasteiger partial charge in [-0.25, -0.2) is 9.78 Å². The van der Waals surface area contributed by atoms with Gasteiger partial charge in [-0.3, -0.25) is 4.79 Å². The summed E-state index contributed by atoms with van der Waals surface area (Å²) in [4.78, 5) is 28.3. The fourth-order valence-corrected chi connectivity index (χ4v) is 3.56. The molecule has 6 atom stereocenters. The van der Waals surface area contributed by atoms with Gasteiger partial charge in [0.15, 0.2) is 11.7 Å². The molecule has 0 amide bonds. The minimum atomic E-state index is -1.88. The van der Waals surface area contributed by atoms with Gasteiger partial charge in [0.2, 0.25) is 12.2 Å². The summed E-state index contributed by atoms with van der Waals surface area (Å²) < 4.78 is 15.9. The van der Waals surface area contributed by atoms with Crippen LogP contribution in [-0.4, -0.2) is 68.1 Å². The molecule has 11 heteroatoms. The predicted molar refractivity (Wildman–Crippen MR) is 113 cm³/mol. The number of nitrogens with zero attached hydrogens (tertiary/aromatic N) is 1. The minimum absolute atomic E-state index is 0.375. The Hall–Kier alpha value is -3.02. The molecule has 2 aromatic carbocycles. The van der Waals surface area contributed by atoms with Crippen LogP contribution in [0.5, 0.6) is 0 Å². The van der Waals surface area contributed by atoms with Crippen LogP contribution >= 0.6 is 11.6 Å². The number of carbonyl (C=O) groups excluding carboxylic acids is 1. The van der Waals surface area contributed by atoms with E-state index < -0.39 is 48.6 Å². The molecule has 2 heterocycles. The molecule has 4 N–H and O–H groups in total. The molecule has 33 heavy (non-hydrogen) atoms. The molecule has 0 spiro atoms. The summed E-state index contributed by atoms with van der Waals surface area (Å²) in [7, 11) is 0. The predicted octanol–water partition coefficient (Wildman–Crippen LogP) is 1.69. The molecule has 0 saturated carbocycles. The number of ether oxygens (including phenoxy) is 2. The number of aliphatic hydroxyl groups is 3. The molecule has 174 valence electrons. The first kappa shape index (κ1) is 23.1. The van der Waals surface area contributed by atoms with Crippen molar-refractivity contribution in [2.24, 2.45) is 0 Å². The molecule has 1 fully saturated rings. The lowest BCUT2D eigenvalue weighted by atomic mass is 9.98. The fraction of sp³-hybridized carbons (Fsp3) is 0.318. The Kier molecular flexibility index (Phi) is 6.37. The van der Waals surface area contributed by atoms with Crippen molar-refractivity contribution in [3.05, 3.63) is 53.1 Å². The third-order valence-electron chi connectivity index (χ3n) is 5.40. The van der Waals surface area contributed by atoms with Gasteiger partial charge < -0.3 is 34.3 Å². The summed E-state index contributed by atoms with van der Waals surface area (Å²) in [6.45, 7) is 1.54. The van der Waals surface area contributed by atoms with Gasteiger partial charge in [0.1, 0.15) is 23.8 Å². The standard InChI is InChI=1S/C22H20ClNO9/c1-9(21(30)33-22-17(27)15(25)16(26)18(32-22)20(28)29)11-4-7-14-13(8-11)24-19(31-14)10-2-5-12(23)6-3-10/h2-9,15-18,22,25-27H,1H3,(H,28,29)/t9-,15+,16+,17-,18+,22+/m1/s1. The van der Waals surface area contributed by atoms with Crippen LogP contribution in [0, 0.1) is 0 Å². The van der Waals surface area contributed by atoms with Crippen molar-refractivity contribution in [1.29, 1.82) is 0 Å². The van der Waals surface area contributed by atoms with Gasteiger partial charge in [-0.2, -0.15) is 0 Å². The smallest absolute Gasteiger partial charge is 0.335 e. The van der Waals surface area contributed by atoms with Gasteiger partial charge >= 0.3 is 11.9 Å². The lowest BCUT2D eigenvalue weighted by Crippen LogP contribution is -2.60. The summed E-state index contributed by atoms with van der Waals surface area (Å²) in [5, 5.41) is 39.3. The summed E-state index contributed by atoms with van der Waals surface area (Å²) in [6, 6.07) is 11.9. The number of aliphatic hydroxyl groups excluding tert-OH is 3. The summed E-state index contributed by atoms with van der Waals surface area (Å²) in [6.07, 6.45) is -9.22. The van der Waals surface area contributed by atoms with Gasteiger partial charge in [-0.05, 0) is 48.9 Å². The van der Waals surface area contributed by atoms with E-state index in [0.717, 1.165) is 5.56 Å². The zero-order valence-electron chi connectivity index (χ0n) is 17.2. The molecule has 1 saturated heterocycles. The van der Waals surface area contributed by atoms with E-state index in [1.54, 1.807) is 49.4 Å². The lowest BCUT2D eigenvalue weighted by Gasteiger charge is -2.38. The van der Waals surface area contributed by atoms with Crippen molar-refractivity contribution < 1.29 is 43.9 Å². The Balaban J connectivity index is 1.51. The van der Waals surface area contributed by atoms with Gasteiger partial charge in [0, 0.05) is 10.6 Å². The van der Waals surface area contributed by atoms with Crippen LogP contribution in [0.25, 0.3) is 22.6 Å². The highest BCUT2D eigenvalue weighted by Crippen LogP contribution is 2.29. The first-order chi connectivity index (χ1) is 15.7. The molecule has 0 aliphatic carbocycles. The van der Waals surface area contributed by atoms with Crippen molar-refractivity contribution in [2.75, 3.05) is 0 Å². The molecule has 10 nitrogen and oxygen atoms in total. The Morgan fingerprint density at radius 2 is 1.76 bits per heavy atom. The van der Waals surface area contributed by atoms with Crippen molar-refractivity contribution in [3.8, 4) is 11.5 Å². The maximum atomic E-state index is 12.7. The quantitative estimate of drug-likeness (QED) is 0.398. The highest BCUT2D eigenvalue weighted by molar-refractivity contribution is 6.30. The van der Waals surface area contributed by atoms with Gasteiger partial charge in [-0.15, -0.1) is 0 Å². The number of benzene rings is 2. The van der Waals surface area contributed by atoms with E-state index in [0.29, 0.717) is 27.6 Å². The number of rotatable bonds is 5. The Morgan fingerprint density at radius 1 is 1.06 bits per heavy atom. The number of hydrogen-bond donors (Lipinski definition) is 4. The van der Waals surface area contributed by atoms with Crippen molar-refractivity contribution in [3.63, 3.8) is 0 Å². The van der Waals surface area contributed by atoms with E-state index in [1.807, 2.05) is 0 Å². The fourth-order valence-electron chi connectivity index (χ4n) is 3.43. The van der Waals surface area contributed by atoms with Crippen molar-refractivity contribution in [1.82, 2.24) is 4.98 Å². The lowest BCUT2D eigenvalue weighted by molar-refractivity contribution is -0.286. The average Bonchev–Trinajstić information content (AvgIpc) is 3.22. The van der Waals surface area contributed by atoms with Crippen LogP contribution in [0.4, 0.5) is 0 Å². The Labute approximate surface area is 191 Å². The molecule has 4 rings (SSSR count). The SMILES string of the molecule is C[C@@H](C(=O)O[C@@H]1O[C@H](C(=O)O)[C@@H](O)[C@H](O)[C@H]1O)c1ccc2oc(-c3ccc(Cl)cc3)nc2c1. The van der Waals surface area contributed by atoms with E-state index in [2.05, 4.69) is 4.98 Å². The van der Waals surface area contributed by atoms with E-state index in [9.17, 15) is 24.9 Å². The maximum absolute atomic E-state index is 12.7. The second-order valence-electron chi connectivity index (χ2n) is 7.65. The van der Waals surface area contributed by atoms with Crippen molar-refractivity contribution in [2.45, 2.75) is 43.5 Å². The second-order valence-corrected chi connectivity index (χ2v) is 8.08. The monoisotopic (exact) mass is 477 g/mol. The molecule has 1 aliphatic rings. The number of hydrogen-bond acceptors (Lipinski definition) is 9. The van der Waals surface area contributed by atoms with Gasteiger partial charge in [0.25, 0.3) is 0 Å². The largest absolute Gasteiger partial charge is 0.479 e. The number of oxazole rings is 1. The van der Waals surface area contributed by atoms with E-state index in [1.165, 1.54) is 0 Å². The zero-order valence-corrected chi connectivity index (χ0v) is 17.9. The molecule has 3 aromatic rings. The maximum Gasteiger partial charge on any atom is 0.335 e. The number of carbonyl (C=O) groups is 2. The normalized spacial score (nSPS) is 26.2. The van der Waals surface area contributed by atoms with Gasteiger partial charge in [-0.1, -0.05) is 17.7 Å². The molecule has 0 radical (unpaired) electrons. The van der Waals surface area contributed by atoms with Crippen LogP contribution < -0.4 is 0 Å². The summed E-state index contributed by atoms with van der Waals surface area (Å²) in [5.41, 5.74) is 2.23. The highest BCUT2D eigenvalue weighted by atomic mass is 35.5. The number of halogens is 1. The zero-order chi connectivity index (χ0) is 23.9. The average molecular weight is 478 g/mol. The van der Waals surface area contributed by atoms with Crippen LogP contribution in [0.1, 0.15) is 18.4 Å². The molecule has 0 bridgehead atoms. The third-order valence-corrected chi connectivity index (χ3v) is 5.65. The number of fused-ring (bicyclic) bond motifs is 1. The summed E-state index contributed by atoms with van der Waals surface area (Å²) in [5.74, 6) is -2.89. The summed E-state index contributed by atoms with van der Waals surface area (Å²) >= 11 is 5.91. The third kappa shape index (κ3) is 4.56. The first-order valence-corrected chi connectivity index (χ1v) is 10.3. The molecular formula is C22H20ClNO9. The number of carboxylic acids is 1. The number of aliphatic carboxylic acids is 1. The van der Waals surface area contributed by atoms with Crippen LogP contribution in [0.15, 0.2) is 46.9 Å². The van der Waals surface area contributed by atoms with Crippen molar-refractivity contribution >= 4 is 34.6 Å². The molecular weight excluding hydrogens is 458 g/mol. The van der Waals surface area contributed by atoms with Crippen LogP contribution in [0.2, 0.25) is 5.02 Å². The van der Waals surface area contributed by atoms with E-state index in [-0.39, 0.29) is 0 Å². The van der Waals surface area contributed by atoms with E-state index in [4.69, 9.17) is 30.6 Å². The second kappa shape index (κ2) is 9.08. The minimum Gasteiger partial charge on any atom is -0.479 e. The van der Waals surface area contributed by atoms with E-state index >= 15 is 0 Å². The molecule has 1 aliphatic heterocycles. The number of aromatic nitrogens is 1. The highest BCUT2D eigenvalue weighted by Gasteiger charge is 2.48. The number of esters is 1. The molecule has 1 aromatic heterocycles. The van der Waals surface area contributed by atoms with Gasteiger partial charge in [0.05, 0.1) is 5.92 Å². The topological polar surface area (TPSA) is 160 Å². The Bertz CT molecular complexity index is 1180. The van der Waals surface area contributed by atoms with Crippen LogP contribution in [-0.2, 0) is 19.1 Å². The first-order valence-electron chi connectivity index (χ1n) is 9.95. The molecule has 0 unspecified atom stereocenters. The Morgan fingerprint density at radius 3 is 2.42 bits per heavy atom.